The van der Waals surface area contributed by atoms with E-state index < -0.39 is 29.3 Å². The molecule has 2 aromatic carbocycles. The highest BCUT2D eigenvalue weighted by Crippen LogP contribution is 2.41. The maximum Gasteiger partial charge on any atom is 0.296 e. The number of aliphatic hydroxyl groups is 1. The average Bonchev–Trinajstić information content (AvgIpc) is 3.49. The van der Waals surface area contributed by atoms with Gasteiger partial charge in [-0.15, -0.1) is 0 Å². The quantitative estimate of drug-likeness (QED) is 0.171. The van der Waals surface area contributed by atoms with Gasteiger partial charge in [0.05, 0.1) is 38.1 Å². The molecular formula is C28H28FNO6. The lowest BCUT2D eigenvalue weighted by Crippen LogP contribution is -2.29. The van der Waals surface area contributed by atoms with E-state index in [-0.39, 0.29) is 23.4 Å². The second-order valence-electron chi connectivity index (χ2n) is 8.48. The van der Waals surface area contributed by atoms with Crippen molar-refractivity contribution >= 4 is 17.4 Å². The lowest BCUT2D eigenvalue weighted by Gasteiger charge is -2.24. The summed E-state index contributed by atoms with van der Waals surface area (Å²) in [6.07, 6.45) is 4.59. The molecule has 0 unspecified atom stereocenters. The van der Waals surface area contributed by atoms with Crippen LogP contribution in [0.25, 0.3) is 5.76 Å². The molecule has 0 spiro atoms. The molecule has 1 saturated heterocycles. The van der Waals surface area contributed by atoms with Gasteiger partial charge in [0.15, 0.2) is 11.6 Å². The van der Waals surface area contributed by atoms with Crippen LogP contribution >= 0.6 is 0 Å². The first-order valence-corrected chi connectivity index (χ1v) is 11.8. The number of hydrogen-bond acceptors (Lipinski definition) is 6. The Morgan fingerprint density at radius 3 is 2.53 bits per heavy atom. The van der Waals surface area contributed by atoms with Crippen LogP contribution in [0.5, 0.6) is 11.5 Å². The summed E-state index contributed by atoms with van der Waals surface area (Å²) in [5.74, 6) is -1.68. The molecule has 0 saturated carbocycles. The summed E-state index contributed by atoms with van der Waals surface area (Å²) in [5, 5.41) is 11.1. The number of Topliss-reactive ketones (excluding diaryl/α,β-unsaturated/α-hetero) is 1. The minimum atomic E-state index is -0.908. The largest absolute Gasteiger partial charge is 0.507 e. The van der Waals surface area contributed by atoms with Gasteiger partial charge < -0.3 is 23.9 Å². The molecule has 8 heteroatoms. The van der Waals surface area contributed by atoms with Crippen molar-refractivity contribution in [2.45, 2.75) is 38.8 Å². The van der Waals surface area contributed by atoms with Crippen molar-refractivity contribution < 1.29 is 33.0 Å². The van der Waals surface area contributed by atoms with Gasteiger partial charge >= 0.3 is 0 Å². The average molecular weight is 494 g/mol. The summed E-state index contributed by atoms with van der Waals surface area (Å²) < 4.78 is 30.5. The van der Waals surface area contributed by atoms with Crippen LogP contribution in [0, 0.1) is 5.82 Å². The van der Waals surface area contributed by atoms with Crippen molar-refractivity contribution in [2.24, 2.45) is 0 Å². The maximum absolute atomic E-state index is 14.4. The molecule has 0 aliphatic carbocycles. The van der Waals surface area contributed by atoms with Crippen molar-refractivity contribution in [3.63, 3.8) is 0 Å². The summed E-state index contributed by atoms with van der Waals surface area (Å²) in [6.45, 7) is 2.73. The van der Waals surface area contributed by atoms with E-state index in [2.05, 4.69) is 6.92 Å². The van der Waals surface area contributed by atoms with Gasteiger partial charge in [-0.05, 0) is 54.4 Å². The van der Waals surface area contributed by atoms with Crippen LogP contribution in [0.4, 0.5) is 4.39 Å². The van der Waals surface area contributed by atoms with Crippen molar-refractivity contribution in [3.8, 4) is 11.5 Å². The number of halogens is 1. The van der Waals surface area contributed by atoms with Gasteiger partial charge in [0.2, 0.25) is 0 Å². The van der Waals surface area contributed by atoms with Gasteiger partial charge in [-0.1, -0.05) is 31.9 Å². The Balaban J connectivity index is 1.73. The van der Waals surface area contributed by atoms with Crippen LogP contribution in [0.1, 0.15) is 49.1 Å². The third-order valence-electron chi connectivity index (χ3n) is 6.08. The number of furan rings is 1. The molecule has 0 radical (unpaired) electrons. The molecule has 1 amide bonds. The smallest absolute Gasteiger partial charge is 0.296 e. The molecule has 188 valence electrons. The molecule has 1 aromatic heterocycles. The second-order valence-corrected chi connectivity index (χ2v) is 8.48. The fourth-order valence-electron chi connectivity index (χ4n) is 4.22. The van der Waals surface area contributed by atoms with E-state index in [1.54, 1.807) is 36.4 Å². The summed E-state index contributed by atoms with van der Waals surface area (Å²) in [7, 11) is 1.33. The van der Waals surface area contributed by atoms with E-state index in [0.717, 1.165) is 25.3 Å². The predicted octanol–water partition coefficient (Wildman–Crippen LogP) is 5.62. The molecule has 2 heterocycles. The van der Waals surface area contributed by atoms with Crippen LogP contribution < -0.4 is 9.47 Å². The number of methoxy groups -OCH3 is 1. The standard InChI is InChI=1S/C28H28FNO6/c1-3-4-5-14-35-20-11-8-18(9-12-20)25-24(26(31)19-10-13-23(34-2)22(29)16-19)27(32)28(33)30(25)17-21-7-6-15-36-21/h6-13,15-16,25,31H,3-5,14,17H2,1-2H3/t25-/m1/s1. The number of ether oxygens (including phenoxy) is 2. The van der Waals surface area contributed by atoms with E-state index in [1.165, 1.54) is 30.4 Å². The van der Waals surface area contributed by atoms with Crippen LogP contribution in [0.3, 0.4) is 0 Å². The Morgan fingerprint density at radius 1 is 1.11 bits per heavy atom. The number of amides is 1. The van der Waals surface area contributed by atoms with Gasteiger partial charge in [-0.3, -0.25) is 9.59 Å². The molecule has 36 heavy (non-hydrogen) atoms. The van der Waals surface area contributed by atoms with E-state index >= 15 is 0 Å². The van der Waals surface area contributed by atoms with Crippen LogP contribution in [-0.2, 0) is 16.1 Å². The van der Waals surface area contributed by atoms with Gasteiger partial charge in [-0.25, -0.2) is 4.39 Å². The fourth-order valence-corrected chi connectivity index (χ4v) is 4.22. The topological polar surface area (TPSA) is 89.2 Å². The van der Waals surface area contributed by atoms with Crippen molar-refractivity contribution in [1.29, 1.82) is 0 Å². The lowest BCUT2D eigenvalue weighted by molar-refractivity contribution is -0.140. The number of unbranched alkanes of at least 4 members (excludes halogenated alkanes) is 2. The molecule has 7 nitrogen and oxygen atoms in total. The Labute approximate surface area is 208 Å². The second kappa shape index (κ2) is 11.1. The van der Waals surface area contributed by atoms with Crippen LogP contribution in [0.15, 0.2) is 70.9 Å². The van der Waals surface area contributed by atoms with Crippen molar-refractivity contribution in [1.82, 2.24) is 4.90 Å². The summed E-state index contributed by atoms with van der Waals surface area (Å²) in [5.41, 5.74) is 0.523. The Morgan fingerprint density at radius 2 is 1.89 bits per heavy atom. The molecule has 1 N–H and O–H groups in total. The van der Waals surface area contributed by atoms with Gasteiger partial charge in [-0.2, -0.15) is 0 Å². The molecular weight excluding hydrogens is 465 g/mol. The van der Waals surface area contributed by atoms with E-state index in [4.69, 9.17) is 13.9 Å². The van der Waals surface area contributed by atoms with Crippen LogP contribution in [-0.4, -0.2) is 35.4 Å². The number of carbonyl (C=O) groups is 2. The highest BCUT2D eigenvalue weighted by molar-refractivity contribution is 6.46. The zero-order valence-electron chi connectivity index (χ0n) is 20.2. The molecule has 1 fully saturated rings. The Kier molecular flexibility index (Phi) is 7.73. The number of likely N-dealkylation sites (tertiary alicyclic amines) is 1. The number of nitrogens with zero attached hydrogens (tertiary/aromatic N) is 1. The number of carbonyl (C=O) groups excluding carboxylic acids is 2. The van der Waals surface area contributed by atoms with Crippen LogP contribution in [0.2, 0.25) is 0 Å². The number of rotatable bonds is 10. The SMILES string of the molecule is CCCCCOc1ccc([C@@H]2C(=C(O)c3ccc(OC)c(F)c3)C(=O)C(=O)N2Cc2ccco2)cc1. The molecule has 4 rings (SSSR count). The summed E-state index contributed by atoms with van der Waals surface area (Å²) in [4.78, 5) is 27.5. The van der Waals surface area contributed by atoms with Gasteiger partial charge in [0.25, 0.3) is 11.7 Å². The molecule has 1 aliphatic heterocycles. The normalized spacial score (nSPS) is 17.0. The minimum Gasteiger partial charge on any atom is -0.507 e. The Hall–Kier alpha value is -4.07. The number of benzene rings is 2. The molecule has 1 atom stereocenters. The van der Waals surface area contributed by atoms with Gasteiger partial charge in [0, 0.05) is 5.56 Å². The highest BCUT2D eigenvalue weighted by atomic mass is 19.1. The maximum atomic E-state index is 14.4. The van der Waals surface area contributed by atoms with Gasteiger partial charge in [0.1, 0.15) is 17.3 Å². The van der Waals surface area contributed by atoms with E-state index in [9.17, 15) is 19.1 Å². The predicted molar refractivity (Wildman–Crippen MR) is 131 cm³/mol. The van der Waals surface area contributed by atoms with E-state index in [0.29, 0.717) is 23.7 Å². The summed E-state index contributed by atoms with van der Waals surface area (Å²) in [6, 6.07) is 13.4. The molecule has 1 aliphatic rings. The number of aliphatic hydroxyl groups excluding tert-OH is 1. The Bertz CT molecular complexity index is 1250. The first-order chi connectivity index (χ1) is 17.4. The minimum absolute atomic E-state index is 0.00380. The number of ketones is 1. The first-order valence-electron chi connectivity index (χ1n) is 11.8. The molecule has 0 bridgehead atoms. The van der Waals surface area contributed by atoms with Crippen molar-refractivity contribution in [3.05, 3.63) is 89.1 Å². The third-order valence-corrected chi connectivity index (χ3v) is 6.08. The fraction of sp³-hybridized carbons (Fsp3) is 0.286. The summed E-state index contributed by atoms with van der Waals surface area (Å²) >= 11 is 0. The van der Waals surface area contributed by atoms with E-state index in [1.807, 2.05) is 0 Å². The monoisotopic (exact) mass is 493 g/mol. The zero-order valence-corrected chi connectivity index (χ0v) is 20.2. The van der Waals surface area contributed by atoms with Crippen molar-refractivity contribution in [2.75, 3.05) is 13.7 Å². The third kappa shape index (κ3) is 5.12. The first kappa shape index (κ1) is 25.0. The molecule has 3 aromatic rings. The zero-order chi connectivity index (χ0) is 25.7. The highest BCUT2D eigenvalue weighted by Gasteiger charge is 2.46. The lowest BCUT2D eigenvalue weighted by atomic mass is 9.95. The number of hydrogen-bond donors (Lipinski definition) is 1.